The molecule has 1 aromatic heterocycles. The number of aliphatic hydroxyl groups excluding tert-OH is 1. The molecule has 0 spiro atoms. The molecular formula is C26H26N2O5. The van der Waals surface area contributed by atoms with E-state index in [2.05, 4.69) is 10.3 Å². The molecule has 1 amide bonds. The number of methoxy groups -OCH3 is 1. The number of aromatic hydroxyl groups is 2. The van der Waals surface area contributed by atoms with Crippen molar-refractivity contribution in [2.75, 3.05) is 13.7 Å². The first-order chi connectivity index (χ1) is 15.9. The van der Waals surface area contributed by atoms with Gasteiger partial charge in [0.05, 0.1) is 25.3 Å². The molecule has 7 heteroatoms. The normalized spacial score (nSPS) is 12.0. The van der Waals surface area contributed by atoms with Crippen LogP contribution in [0.3, 0.4) is 0 Å². The summed E-state index contributed by atoms with van der Waals surface area (Å²) in [7, 11) is 1.50. The highest BCUT2D eigenvalue weighted by atomic mass is 16.5. The van der Waals surface area contributed by atoms with Gasteiger partial charge in [0.25, 0.3) is 5.91 Å². The van der Waals surface area contributed by atoms with Crippen molar-refractivity contribution in [3.63, 3.8) is 0 Å². The van der Waals surface area contributed by atoms with E-state index in [1.165, 1.54) is 19.2 Å². The van der Waals surface area contributed by atoms with Gasteiger partial charge in [-0.3, -0.25) is 4.79 Å². The van der Waals surface area contributed by atoms with Gasteiger partial charge < -0.3 is 30.4 Å². The predicted molar refractivity (Wildman–Crippen MR) is 127 cm³/mol. The van der Waals surface area contributed by atoms with Crippen molar-refractivity contribution < 1.29 is 24.9 Å². The Morgan fingerprint density at radius 2 is 1.85 bits per heavy atom. The van der Waals surface area contributed by atoms with Crippen LogP contribution < -0.4 is 10.1 Å². The second-order valence-electron chi connectivity index (χ2n) is 7.99. The number of aryl methyl sites for hydroxylation is 1. The third-order valence-electron chi connectivity index (χ3n) is 5.73. The number of fused-ring (bicyclic) bond motifs is 1. The van der Waals surface area contributed by atoms with Gasteiger partial charge in [0.2, 0.25) is 0 Å². The number of hydrogen-bond acceptors (Lipinski definition) is 5. The molecule has 0 aliphatic rings. The zero-order chi connectivity index (χ0) is 23.5. The highest BCUT2D eigenvalue weighted by Gasteiger charge is 2.21. The number of aromatic nitrogens is 1. The zero-order valence-electron chi connectivity index (χ0n) is 18.4. The molecule has 0 bridgehead atoms. The Balaban J connectivity index is 1.63. The van der Waals surface area contributed by atoms with Gasteiger partial charge in [-0.15, -0.1) is 0 Å². The van der Waals surface area contributed by atoms with Crippen molar-refractivity contribution >= 4 is 16.8 Å². The molecule has 1 atom stereocenters. The number of para-hydroxylation sites is 1. The van der Waals surface area contributed by atoms with Crippen LogP contribution >= 0.6 is 0 Å². The molecular weight excluding hydrogens is 420 g/mol. The number of phenolic OH excluding ortho intramolecular Hbond substituents is 2. The first-order valence-electron chi connectivity index (χ1n) is 10.6. The Kier molecular flexibility index (Phi) is 6.24. The summed E-state index contributed by atoms with van der Waals surface area (Å²) < 4.78 is 5.49. The molecule has 0 fully saturated rings. The Morgan fingerprint density at radius 3 is 2.58 bits per heavy atom. The summed E-state index contributed by atoms with van der Waals surface area (Å²) in [6, 6.07) is 15.4. The number of aliphatic hydroxyl groups is 1. The first-order valence-corrected chi connectivity index (χ1v) is 10.6. The number of nitrogens with one attached hydrogen (secondary N) is 2. The van der Waals surface area contributed by atoms with Crippen LogP contribution in [0, 0.1) is 6.92 Å². The second-order valence-corrected chi connectivity index (χ2v) is 7.99. The van der Waals surface area contributed by atoms with Crippen LogP contribution in [0.5, 0.6) is 17.2 Å². The molecule has 0 aliphatic carbocycles. The SMILES string of the molecule is COc1c(C)cc(-c2ccc(O)c(O)c2)cc1C(=O)N[C@@H](CO)Cc1c[nH]c2ccccc12. The van der Waals surface area contributed by atoms with Gasteiger partial charge in [0.1, 0.15) is 5.75 Å². The van der Waals surface area contributed by atoms with E-state index in [1.807, 2.05) is 43.5 Å². The van der Waals surface area contributed by atoms with Gasteiger partial charge in [0.15, 0.2) is 11.5 Å². The molecule has 1 heterocycles. The molecule has 0 radical (unpaired) electrons. The molecule has 170 valence electrons. The summed E-state index contributed by atoms with van der Waals surface area (Å²) in [4.78, 5) is 16.5. The average Bonchev–Trinajstić information content (AvgIpc) is 3.22. The highest BCUT2D eigenvalue weighted by molar-refractivity contribution is 5.99. The fraction of sp³-hybridized carbons (Fsp3) is 0.192. The van der Waals surface area contributed by atoms with Crippen LogP contribution in [-0.2, 0) is 6.42 Å². The summed E-state index contributed by atoms with van der Waals surface area (Å²) in [5.74, 6) is -0.405. The third-order valence-corrected chi connectivity index (χ3v) is 5.73. The number of carbonyl (C=O) groups is 1. The van der Waals surface area contributed by atoms with Crippen LogP contribution in [0.2, 0.25) is 0 Å². The number of carbonyl (C=O) groups excluding carboxylic acids is 1. The molecule has 0 unspecified atom stereocenters. The fourth-order valence-electron chi connectivity index (χ4n) is 4.07. The van der Waals surface area contributed by atoms with Crippen molar-refractivity contribution in [3.05, 3.63) is 77.5 Å². The van der Waals surface area contributed by atoms with E-state index in [0.717, 1.165) is 22.0 Å². The number of ether oxygens (including phenoxy) is 1. The number of rotatable bonds is 7. The smallest absolute Gasteiger partial charge is 0.255 e. The number of benzene rings is 3. The van der Waals surface area contributed by atoms with E-state index in [4.69, 9.17) is 4.74 Å². The van der Waals surface area contributed by atoms with E-state index in [-0.39, 0.29) is 24.0 Å². The van der Waals surface area contributed by atoms with Crippen molar-refractivity contribution in [2.45, 2.75) is 19.4 Å². The lowest BCUT2D eigenvalue weighted by Gasteiger charge is -2.19. The summed E-state index contributed by atoms with van der Waals surface area (Å²) in [5, 5.41) is 33.4. The minimum Gasteiger partial charge on any atom is -0.504 e. The molecule has 4 aromatic rings. The average molecular weight is 447 g/mol. The predicted octanol–water partition coefficient (Wildman–Crippen LogP) is 3.90. The lowest BCUT2D eigenvalue weighted by molar-refractivity contribution is 0.0913. The van der Waals surface area contributed by atoms with E-state index in [0.29, 0.717) is 28.9 Å². The number of aromatic amines is 1. The Labute approximate surface area is 191 Å². The minimum absolute atomic E-state index is 0.218. The van der Waals surface area contributed by atoms with Gasteiger partial charge in [0, 0.05) is 17.1 Å². The number of phenols is 2. The maximum Gasteiger partial charge on any atom is 0.255 e. The standard InChI is InChI=1S/C26H26N2O5/c1-15-9-17(16-7-8-23(30)24(31)12-16)11-21(25(15)33-2)26(32)28-19(14-29)10-18-13-27-22-6-4-3-5-20(18)22/h3-9,11-13,19,27,29-31H,10,14H2,1-2H3,(H,28,32)/t19-/m1/s1. The topological polar surface area (TPSA) is 115 Å². The molecule has 7 nitrogen and oxygen atoms in total. The van der Waals surface area contributed by atoms with Gasteiger partial charge in [-0.1, -0.05) is 24.3 Å². The number of hydrogen-bond donors (Lipinski definition) is 5. The number of H-pyrrole nitrogens is 1. The summed E-state index contributed by atoms with van der Waals surface area (Å²) in [5.41, 5.74) is 4.38. The van der Waals surface area contributed by atoms with E-state index in [9.17, 15) is 20.1 Å². The van der Waals surface area contributed by atoms with Crippen molar-refractivity contribution in [2.24, 2.45) is 0 Å². The van der Waals surface area contributed by atoms with Crippen LogP contribution in [0.1, 0.15) is 21.5 Å². The summed E-state index contributed by atoms with van der Waals surface area (Å²) >= 11 is 0. The monoisotopic (exact) mass is 446 g/mol. The molecule has 0 aliphatic heterocycles. The summed E-state index contributed by atoms with van der Waals surface area (Å²) in [6.07, 6.45) is 2.35. The van der Waals surface area contributed by atoms with E-state index < -0.39 is 6.04 Å². The van der Waals surface area contributed by atoms with E-state index >= 15 is 0 Å². The zero-order valence-corrected chi connectivity index (χ0v) is 18.4. The summed E-state index contributed by atoms with van der Waals surface area (Å²) in [6.45, 7) is 1.60. The lowest BCUT2D eigenvalue weighted by atomic mass is 9.98. The van der Waals surface area contributed by atoms with Gasteiger partial charge in [-0.25, -0.2) is 0 Å². The van der Waals surface area contributed by atoms with Crippen LogP contribution in [0.25, 0.3) is 22.0 Å². The maximum absolute atomic E-state index is 13.2. The Morgan fingerprint density at radius 1 is 1.06 bits per heavy atom. The minimum atomic E-state index is -0.497. The molecule has 3 aromatic carbocycles. The first kappa shape index (κ1) is 22.2. The third kappa shape index (κ3) is 4.49. The Hall–Kier alpha value is -3.97. The molecule has 5 N–H and O–H groups in total. The van der Waals surface area contributed by atoms with Gasteiger partial charge in [-0.05, 0) is 65.9 Å². The van der Waals surface area contributed by atoms with Crippen LogP contribution in [0.4, 0.5) is 0 Å². The molecule has 4 rings (SSSR count). The quantitative estimate of drug-likeness (QED) is 0.276. The Bertz CT molecular complexity index is 1310. The van der Waals surface area contributed by atoms with Crippen molar-refractivity contribution in [1.82, 2.24) is 10.3 Å². The molecule has 0 saturated carbocycles. The highest BCUT2D eigenvalue weighted by Crippen LogP contribution is 2.34. The second kappa shape index (κ2) is 9.26. The fourth-order valence-corrected chi connectivity index (χ4v) is 4.07. The van der Waals surface area contributed by atoms with E-state index in [1.54, 1.807) is 12.1 Å². The molecule has 33 heavy (non-hydrogen) atoms. The van der Waals surface area contributed by atoms with Crippen molar-refractivity contribution in [3.8, 4) is 28.4 Å². The van der Waals surface area contributed by atoms with Crippen LogP contribution in [0.15, 0.2) is 60.8 Å². The maximum atomic E-state index is 13.2. The largest absolute Gasteiger partial charge is 0.504 e. The van der Waals surface area contributed by atoms with Gasteiger partial charge in [-0.2, -0.15) is 0 Å². The van der Waals surface area contributed by atoms with Crippen LogP contribution in [-0.4, -0.2) is 46.0 Å². The lowest BCUT2D eigenvalue weighted by Crippen LogP contribution is -2.39. The number of amides is 1. The van der Waals surface area contributed by atoms with Gasteiger partial charge >= 0.3 is 0 Å². The molecule has 0 saturated heterocycles. The van der Waals surface area contributed by atoms with Crippen molar-refractivity contribution in [1.29, 1.82) is 0 Å².